The molecule has 5 heteroatoms. The van der Waals surface area contributed by atoms with E-state index in [-0.39, 0.29) is 5.95 Å². The van der Waals surface area contributed by atoms with Gasteiger partial charge in [0.2, 0.25) is 5.95 Å². The molecule has 5 nitrogen and oxygen atoms in total. The number of aromatic nitrogens is 3. The molecule has 0 fully saturated rings. The number of hydrogen-bond acceptors (Lipinski definition) is 4. The minimum absolute atomic E-state index is 0.231. The maximum atomic E-state index is 8.76. The summed E-state index contributed by atoms with van der Waals surface area (Å²) < 4.78 is 1.61. The largest absolute Gasteiger partial charge is 0.366 e. The number of aryl methyl sites for hydroxylation is 1. The number of nitriles is 1. The molecule has 2 N–H and O–H groups in total. The molecule has 1 aromatic heterocycles. The van der Waals surface area contributed by atoms with Crippen molar-refractivity contribution < 1.29 is 0 Å². The summed E-state index contributed by atoms with van der Waals surface area (Å²) in [6, 6.07) is 9.19. The van der Waals surface area contributed by atoms with Crippen molar-refractivity contribution in [2.75, 3.05) is 5.73 Å². The van der Waals surface area contributed by atoms with Crippen LogP contribution in [0.3, 0.4) is 0 Å². The maximum absolute atomic E-state index is 8.76. The van der Waals surface area contributed by atoms with Gasteiger partial charge in [-0.15, -0.1) is 5.10 Å². The summed E-state index contributed by atoms with van der Waals surface area (Å²) in [6.07, 6.45) is 0. The molecule has 0 aliphatic heterocycles. The van der Waals surface area contributed by atoms with Gasteiger partial charge in [-0.05, 0) is 25.1 Å². The summed E-state index contributed by atoms with van der Waals surface area (Å²) in [5, 5.41) is 12.8. The van der Waals surface area contributed by atoms with E-state index in [4.69, 9.17) is 11.0 Å². The van der Waals surface area contributed by atoms with Gasteiger partial charge in [0.15, 0.2) is 0 Å². The lowest BCUT2D eigenvalue weighted by Gasteiger charge is -2.01. The van der Waals surface area contributed by atoms with Crippen molar-refractivity contribution in [1.82, 2.24) is 14.8 Å². The Bertz CT molecular complexity index is 535. The van der Waals surface area contributed by atoms with Crippen LogP contribution in [0, 0.1) is 18.3 Å². The quantitative estimate of drug-likeness (QED) is 0.743. The van der Waals surface area contributed by atoms with Crippen LogP contribution >= 0.6 is 0 Å². The molecule has 1 heterocycles. The van der Waals surface area contributed by atoms with E-state index in [1.54, 1.807) is 22.9 Å². The molecule has 2 aromatic rings. The van der Waals surface area contributed by atoms with E-state index < -0.39 is 0 Å². The lowest BCUT2D eigenvalue weighted by Crippen LogP contribution is -1.99. The Labute approximate surface area is 86.8 Å². The van der Waals surface area contributed by atoms with Crippen molar-refractivity contribution in [1.29, 1.82) is 5.26 Å². The molecule has 15 heavy (non-hydrogen) atoms. The molecule has 0 aliphatic carbocycles. The monoisotopic (exact) mass is 199 g/mol. The van der Waals surface area contributed by atoms with Crippen LogP contribution in [0.15, 0.2) is 24.3 Å². The third kappa shape index (κ3) is 1.65. The van der Waals surface area contributed by atoms with Gasteiger partial charge in [0.25, 0.3) is 0 Å². The van der Waals surface area contributed by atoms with Gasteiger partial charge < -0.3 is 5.73 Å². The molecular weight excluding hydrogens is 190 g/mol. The number of nitrogens with two attached hydrogens (primary N) is 1. The van der Waals surface area contributed by atoms with E-state index in [0.717, 1.165) is 5.69 Å². The Balaban J connectivity index is 2.55. The summed E-state index contributed by atoms with van der Waals surface area (Å²) in [5.41, 5.74) is 6.85. The van der Waals surface area contributed by atoms with E-state index in [1.165, 1.54) is 0 Å². The Kier molecular flexibility index (Phi) is 2.10. The normalized spacial score (nSPS) is 9.87. The van der Waals surface area contributed by atoms with Crippen molar-refractivity contribution in [3.63, 3.8) is 0 Å². The number of nitrogens with zero attached hydrogens (tertiary/aromatic N) is 4. The smallest absolute Gasteiger partial charge is 0.240 e. The fourth-order valence-corrected chi connectivity index (χ4v) is 1.36. The lowest BCUT2D eigenvalue weighted by atomic mass is 10.2. The van der Waals surface area contributed by atoms with Crippen LogP contribution in [-0.4, -0.2) is 14.8 Å². The molecule has 0 bridgehead atoms. The van der Waals surface area contributed by atoms with Crippen molar-refractivity contribution in [3.8, 4) is 11.8 Å². The average Bonchev–Trinajstić information content (AvgIpc) is 2.58. The van der Waals surface area contributed by atoms with E-state index in [9.17, 15) is 0 Å². The minimum Gasteiger partial charge on any atom is -0.366 e. The molecular formula is C10H9N5. The molecule has 0 saturated heterocycles. The minimum atomic E-state index is 0.231. The molecule has 0 atom stereocenters. The van der Waals surface area contributed by atoms with E-state index in [0.29, 0.717) is 11.4 Å². The van der Waals surface area contributed by atoms with Crippen LogP contribution in [0.1, 0.15) is 11.4 Å². The molecule has 1 aromatic carbocycles. The summed E-state index contributed by atoms with van der Waals surface area (Å²) in [6.45, 7) is 1.81. The van der Waals surface area contributed by atoms with Crippen LogP contribution < -0.4 is 5.73 Å². The van der Waals surface area contributed by atoms with E-state index in [1.807, 2.05) is 13.0 Å². The van der Waals surface area contributed by atoms with Crippen LogP contribution in [0.5, 0.6) is 0 Å². The number of hydrogen-bond donors (Lipinski definition) is 1. The zero-order valence-electron chi connectivity index (χ0n) is 8.18. The van der Waals surface area contributed by atoms with Crippen LogP contribution in [0.25, 0.3) is 5.69 Å². The third-order valence-corrected chi connectivity index (χ3v) is 2.01. The summed E-state index contributed by atoms with van der Waals surface area (Å²) in [4.78, 5) is 3.99. The van der Waals surface area contributed by atoms with Gasteiger partial charge >= 0.3 is 0 Å². The second-order valence-electron chi connectivity index (χ2n) is 3.09. The molecule has 0 amide bonds. The average molecular weight is 199 g/mol. The number of nitrogen functional groups attached to an aromatic ring is 1. The van der Waals surface area contributed by atoms with Crippen molar-refractivity contribution >= 4 is 5.95 Å². The van der Waals surface area contributed by atoms with Crippen molar-refractivity contribution in [2.24, 2.45) is 0 Å². The van der Waals surface area contributed by atoms with Gasteiger partial charge in [-0.2, -0.15) is 10.2 Å². The first-order valence-corrected chi connectivity index (χ1v) is 4.40. The molecule has 74 valence electrons. The molecule has 0 unspecified atom stereocenters. The summed E-state index contributed by atoms with van der Waals surface area (Å²) in [5.74, 6) is 0.928. The number of anilines is 1. The van der Waals surface area contributed by atoms with Gasteiger partial charge in [-0.25, -0.2) is 4.68 Å². The van der Waals surface area contributed by atoms with Gasteiger partial charge in [0.05, 0.1) is 17.3 Å². The fourth-order valence-electron chi connectivity index (χ4n) is 1.36. The topological polar surface area (TPSA) is 80.5 Å². The number of rotatable bonds is 1. The molecule has 0 saturated carbocycles. The lowest BCUT2D eigenvalue weighted by molar-refractivity contribution is 0.842. The second-order valence-corrected chi connectivity index (χ2v) is 3.09. The summed E-state index contributed by atoms with van der Waals surface area (Å²) >= 11 is 0. The second kappa shape index (κ2) is 3.42. The highest BCUT2D eigenvalue weighted by atomic mass is 15.4. The summed E-state index contributed by atoms with van der Waals surface area (Å²) in [7, 11) is 0. The van der Waals surface area contributed by atoms with Crippen LogP contribution in [0.2, 0.25) is 0 Å². The third-order valence-electron chi connectivity index (χ3n) is 2.01. The van der Waals surface area contributed by atoms with E-state index >= 15 is 0 Å². The van der Waals surface area contributed by atoms with Gasteiger partial charge in [-0.1, -0.05) is 6.07 Å². The molecule has 0 radical (unpaired) electrons. The number of benzene rings is 1. The standard InChI is InChI=1S/C10H9N5/c1-7-13-10(12)14-15(7)9-4-2-3-8(5-9)6-11/h2-5H,1H3,(H2,12,14). The predicted molar refractivity (Wildman–Crippen MR) is 55.2 cm³/mol. The van der Waals surface area contributed by atoms with Gasteiger partial charge in [-0.3, -0.25) is 0 Å². The Morgan fingerprint density at radius 1 is 1.47 bits per heavy atom. The maximum Gasteiger partial charge on any atom is 0.240 e. The first-order chi connectivity index (χ1) is 7.20. The Morgan fingerprint density at radius 3 is 2.87 bits per heavy atom. The Hall–Kier alpha value is -2.35. The zero-order valence-corrected chi connectivity index (χ0v) is 8.18. The van der Waals surface area contributed by atoms with Gasteiger partial charge in [0.1, 0.15) is 5.82 Å². The molecule has 0 aliphatic rings. The highest BCUT2D eigenvalue weighted by Crippen LogP contribution is 2.11. The fraction of sp³-hybridized carbons (Fsp3) is 0.100. The van der Waals surface area contributed by atoms with Crippen molar-refractivity contribution in [3.05, 3.63) is 35.7 Å². The van der Waals surface area contributed by atoms with E-state index in [2.05, 4.69) is 16.2 Å². The zero-order chi connectivity index (χ0) is 10.8. The highest BCUT2D eigenvalue weighted by Gasteiger charge is 2.05. The van der Waals surface area contributed by atoms with Crippen molar-refractivity contribution in [2.45, 2.75) is 6.92 Å². The molecule has 0 spiro atoms. The first kappa shape index (κ1) is 9.21. The first-order valence-electron chi connectivity index (χ1n) is 4.40. The van der Waals surface area contributed by atoms with Gasteiger partial charge in [0, 0.05) is 0 Å². The van der Waals surface area contributed by atoms with Crippen LogP contribution in [-0.2, 0) is 0 Å². The predicted octanol–water partition coefficient (Wildman–Crippen LogP) is 1.03. The SMILES string of the molecule is Cc1nc(N)nn1-c1cccc(C#N)c1. The highest BCUT2D eigenvalue weighted by molar-refractivity contribution is 5.41. The Morgan fingerprint density at radius 2 is 2.27 bits per heavy atom. The molecule has 2 rings (SSSR count). The van der Waals surface area contributed by atoms with Crippen LogP contribution in [0.4, 0.5) is 5.95 Å².